The predicted octanol–water partition coefficient (Wildman–Crippen LogP) is 3.80. The Kier molecular flexibility index (Phi) is 5.61. The molecule has 0 saturated carbocycles. The van der Waals surface area contributed by atoms with Gasteiger partial charge in [-0.2, -0.15) is 13.2 Å². The number of nitro groups is 1. The standard InChI is InChI=1S/C22H16F3N3O6/c23-22(24,25)19(29)17-18(26-20(30)27-21(17,31)13-6-2-1-3-7-13)16-10-9-15(34-16)12-5-4-8-14(11-12)28(32)33/h1-11,17-18,31H,(H2,26,27,30)/t17-,18+,21-/m0/s1. The van der Waals surface area contributed by atoms with Gasteiger partial charge in [0.05, 0.1) is 4.92 Å². The second-order valence-electron chi connectivity index (χ2n) is 7.56. The molecule has 176 valence electrons. The lowest BCUT2D eigenvalue weighted by Crippen LogP contribution is -2.66. The summed E-state index contributed by atoms with van der Waals surface area (Å²) < 4.78 is 46.3. The fourth-order valence-corrected chi connectivity index (χ4v) is 3.90. The number of hydrogen-bond donors (Lipinski definition) is 3. The number of urea groups is 1. The lowest BCUT2D eigenvalue weighted by atomic mass is 9.77. The summed E-state index contributed by atoms with van der Waals surface area (Å²) in [5.74, 6) is -4.75. The highest BCUT2D eigenvalue weighted by Gasteiger charge is 2.60. The third-order valence-electron chi connectivity index (χ3n) is 5.42. The minimum Gasteiger partial charge on any atom is -0.459 e. The van der Waals surface area contributed by atoms with Crippen LogP contribution in [0.4, 0.5) is 23.7 Å². The fraction of sp³-hybridized carbons (Fsp3) is 0.182. The number of rotatable bonds is 5. The van der Waals surface area contributed by atoms with E-state index in [1.807, 2.05) is 5.32 Å². The quantitative estimate of drug-likeness (QED) is 0.380. The molecule has 3 aromatic rings. The number of nitro benzene ring substituents is 1. The van der Waals surface area contributed by atoms with E-state index in [0.29, 0.717) is 0 Å². The van der Waals surface area contributed by atoms with Crippen molar-refractivity contribution < 1.29 is 37.2 Å². The molecule has 3 N–H and O–H groups in total. The van der Waals surface area contributed by atoms with E-state index in [4.69, 9.17) is 4.42 Å². The SMILES string of the molecule is O=C1N[C@H](c2ccc(-c3cccc([N+](=O)[O-])c3)o2)[C@@H](C(=O)C(F)(F)F)[C@@](O)(c2ccccc2)N1. The number of nitrogens with zero attached hydrogens (tertiary/aromatic N) is 1. The molecule has 4 rings (SSSR count). The molecule has 1 fully saturated rings. The molecule has 12 heteroatoms. The molecule has 2 amide bonds. The molecule has 0 spiro atoms. The van der Waals surface area contributed by atoms with Gasteiger partial charge in [-0.3, -0.25) is 14.9 Å². The van der Waals surface area contributed by atoms with Gasteiger partial charge < -0.3 is 20.2 Å². The van der Waals surface area contributed by atoms with Crippen LogP contribution in [0.1, 0.15) is 17.4 Å². The maximum atomic E-state index is 13.6. The lowest BCUT2D eigenvalue weighted by Gasteiger charge is -2.44. The number of amides is 2. The number of ketones is 1. The van der Waals surface area contributed by atoms with Crippen LogP contribution >= 0.6 is 0 Å². The first-order chi connectivity index (χ1) is 16.0. The Morgan fingerprint density at radius 1 is 1.09 bits per heavy atom. The van der Waals surface area contributed by atoms with Gasteiger partial charge in [0.15, 0.2) is 5.72 Å². The molecule has 0 unspecified atom stereocenters. The van der Waals surface area contributed by atoms with Gasteiger partial charge in [-0.1, -0.05) is 42.5 Å². The van der Waals surface area contributed by atoms with Gasteiger partial charge in [-0.05, 0) is 12.1 Å². The molecule has 2 heterocycles. The van der Waals surface area contributed by atoms with Gasteiger partial charge in [0.1, 0.15) is 23.5 Å². The van der Waals surface area contributed by atoms with E-state index in [1.165, 1.54) is 60.7 Å². The molecule has 3 atom stereocenters. The molecule has 1 saturated heterocycles. The number of furan rings is 1. The van der Waals surface area contributed by atoms with E-state index in [-0.39, 0.29) is 28.3 Å². The summed E-state index contributed by atoms with van der Waals surface area (Å²) >= 11 is 0. The van der Waals surface area contributed by atoms with Gasteiger partial charge in [-0.15, -0.1) is 0 Å². The van der Waals surface area contributed by atoms with E-state index in [9.17, 15) is 38.0 Å². The number of halogens is 3. The van der Waals surface area contributed by atoms with Gasteiger partial charge >= 0.3 is 12.2 Å². The molecule has 1 aliphatic rings. The molecular weight excluding hydrogens is 459 g/mol. The predicted molar refractivity (Wildman–Crippen MR) is 110 cm³/mol. The number of benzene rings is 2. The number of aliphatic hydroxyl groups is 1. The minimum absolute atomic E-state index is 0.0490. The summed E-state index contributed by atoms with van der Waals surface area (Å²) in [7, 11) is 0. The Labute approximate surface area is 189 Å². The Morgan fingerprint density at radius 3 is 2.44 bits per heavy atom. The van der Waals surface area contributed by atoms with Crippen LogP contribution in [0, 0.1) is 16.0 Å². The van der Waals surface area contributed by atoms with Crippen LogP contribution in [0.25, 0.3) is 11.3 Å². The number of carbonyl (C=O) groups excluding carboxylic acids is 2. The Morgan fingerprint density at radius 2 is 1.79 bits per heavy atom. The highest BCUT2D eigenvalue weighted by Crippen LogP contribution is 2.43. The van der Waals surface area contributed by atoms with Crippen molar-refractivity contribution >= 4 is 17.5 Å². The number of alkyl halides is 3. The van der Waals surface area contributed by atoms with E-state index >= 15 is 0 Å². The number of nitrogens with one attached hydrogen (secondary N) is 2. The maximum Gasteiger partial charge on any atom is 0.450 e. The highest BCUT2D eigenvalue weighted by atomic mass is 19.4. The molecule has 2 aromatic carbocycles. The van der Waals surface area contributed by atoms with Crippen molar-refractivity contribution in [2.75, 3.05) is 0 Å². The van der Waals surface area contributed by atoms with Crippen molar-refractivity contribution in [3.63, 3.8) is 0 Å². The zero-order valence-electron chi connectivity index (χ0n) is 17.1. The van der Waals surface area contributed by atoms with Crippen molar-refractivity contribution in [3.8, 4) is 11.3 Å². The monoisotopic (exact) mass is 475 g/mol. The number of Topliss-reactive ketones (excluding diaryl/α,β-unsaturated/α-hetero) is 1. The van der Waals surface area contributed by atoms with Crippen molar-refractivity contribution in [2.24, 2.45) is 5.92 Å². The minimum atomic E-state index is -5.34. The van der Waals surface area contributed by atoms with Crippen LogP contribution in [0.2, 0.25) is 0 Å². The molecule has 0 aliphatic carbocycles. The Hall–Kier alpha value is -4.19. The second kappa shape index (κ2) is 8.30. The lowest BCUT2D eigenvalue weighted by molar-refractivity contribution is -0.384. The van der Waals surface area contributed by atoms with Gasteiger partial charge in [-0.25, -0.2) is 4.79 Å². The number of hydrogen-bond acceptors (Lipinski definition) is 6. The third-order valence-corrected chi connectivity index (χ3v) is 5.42. The fourth-order valence-electron chi connectivity index (χ4n) is 3.90. The van der Waals surface area contributed by atoms with Crippen molar-refractivity contribution in [1.29, 1.82) is 0 Å². The average Bonchev–Trinajstić information content (AvgIpc) is 3.28. The van der Waals surface area contributed by atoms with Gasteiger partial charge in [0.25, 0.3) is 5.69 Å². The van der Waals surface area contributed by atoms with Crippen LogP contribution < -0.4 is 10.6 Å². The molecule has 1 aromatic heterocycles. The summed E-state index contributed by atoms with van der Waals surface area (Å²) in [5, 5.41) is 26.6. The Bertz CT molecular complexity index is 1260. The molecule has 0 radical (unpaired) electrons. The van der Waals surface area contributed by atoms with Gasteiger partial charge in [0.2, 0.25) is 5.78 Å². The van der Waals surface area contributed by atoms with Gasteiger partial charge in [0, 0.05) is 23.3 Å². The summed E-state index contributed by atoms with van der Waals surface area (Å²) in [6, 6.07) is 12.1. The molecule has 9 nitrogen and oxygen atoms in total. The van der Waals surface area contributed by atoms with Crippen molar-refractivity contribution in [1.82, 2.24) is 10.6 Å². The van der Waals surface area contributed by atoms with Crippen LogP contribution in [-0.2, 0) is 10.5 Å². The van der Waals surface area contributed by atoms with E-state index in [1.54, 1.807) is 6.07 Å². The summed E-state index contributed by atoms with van der Waals surface area (Å²) in [6.07, 6.45) is -5.34. The van der Waals surface area contributed by atoms with Crippen LogP contribution in [0.15, 0.2) is 71.1 Å². The van der Waals surface area contributed by atoms with E-state index in [2.05, 4.69) is 5.32 Å². The first-order valence-electron chi connectivity index (χ1n) is 9.83. The van der Waals surface area contributed by atoms with E-state index < -0.39 is 40.6 Å². The van der Waals surface area contributed by atoms with Crippen molar-refractivity contribution in [3.05, 3.63) is 88.2 Å². The molecule has 34 heavy (non-hydrogen) atoms. The molecule has 1 aliphatic heterocycles. The maximum absolute atomic E-state index is 13.6. The summed E-state index contributed by atoms with van der Waals surface area (Å²) in [4.78, 5) is 35.3. The highest BCUT2D eigenvalue weighted by molar-refractivity contribution is 5.91. The Balaban J connectivity index is 1.81. The van der Waals surface area contributed by atoms with E-state index in [0.717, 1.165) is 0 Å². The van der Waals surface area contributed by atoms with Crippen LogP contribution in [0.5, 0.6) is 0 Å². The van der Waals surface area contributed by atoms with Crippen LogP contribution in [-0.4, -0.2) is 28.0 Å². The second-order valence-corrected chi connectivity index (χ2v) is 7.56. The number of carbonyl (C=O) groups is 2. The average molecular weight is 475 g/mol. The zero-order chi connectivity index (χ0) is 24.7. The normalized spacial score (nSPS) is 22.5. The first kappa shape index (κ1) is 23.0. The van der Waals surface area contributed by atoms with Crippen LogP contribution in [0.3, 0.4) is 0 Å². The smallest absolute Gasteiger partial charge is 0.450 e. The topological polar surface area (TPSA) is 135 Å². The summed E-state index contributed by atoms with van der Waals surface area (Å²) in [6.45, 7) is 0. The van der Waals surface area contributed by atoms with Crippen molar-refractivity contribution in [2.45, 2.75) is 17.9 Å². The summed E-state index contributed by atoms with van der Waals surface area (Å²) in [5.41, 5.74) is -2.84. The molecule has 0 bridgehead atoms. The zero-order valence-corrected chi connectivity index (χ0v) is 17.1. The molecular formula is C22H16F3N3O6. The largest absolute Gasteiger partial charge is 0.459 e. The number of non-ortho nitro benzene ring substituents is 1. The first-order valence-corrected chi connectivity index (χ1v) is 9.83. The third kappa shape index (κ3) is 4.10.